The van der Waals surface area contributed by atoms with Gasteiger partial charge in [-0.25, -0.2) is 4.79 Å². The summed E-state index contributed by atoms with van der Waals surface area (Å²) in [5.41, 5.74) is 2.00. The molecule has 0 saturated carbocycles. The molecule has 3 atom stereocenters. The Balaban J connectivity index is 1.43. The average Bonchev–Trinajstić information content (AvgIpc) is 3.33. The second-order valence-electron chi connectivity index (χ2n) is 12.0. The van der Waals surface area contributed by atoms with Gasteiger partial charge in [0.2, 0.25) is 11.8 Å². The molecular formula is C36H36Cl2N4O4. The van der Waals surface area contributed by atoms with Crippen LogP contribution in [0.1, 0.15) is 67.3 Å². The fourth-order valence-corrected chi connectivity index (χ4v) is 7.65. The number of hydrogen-bond donors (Lipinski definition) is 2. The molecule has 2 saturated heterocycles. The monoisotopic (exact) mass is 658 g/mol. The van der Waals surface area contributed by atoms with Crippen LogP contribution in [0.4, 0.5) is 10.5 Å². The molecule has 0 unspecified atom stereocenters. The van der Waals surface area contributed by atoms with Gasteiger partial charge in [0.05, 0.1) is 6.04 Å². The molecule has 46 heavy (non-hydrogen) atoms. The van der Waals surface area contributed by atoms with E-state index >= 15 is 0 Å². The maximum Gasteiger partial charge on any atom is 0.319 e. The van der Waals surface area contributed by atoms with E-state index in [1.807, 2.05) is 60.0 Å². The molecular weight excluding hydrogens is 623 g/mol. The maximum absolute atomic E-state index is 14.5. The zero-order valence-electron chi connectivity index (χ0n) is 25.8. The van der Waals surface area contributed by atoms with E-state index < -0.39 is 17.4 Å². The number of rotatable bonds is 6. The predicted octanol–water partition coefficient (Wildman–Crippen LogP) is 6.51. The lowest BCUT2D eigenvalue weighted by Gasteiger charge is -2.47. The Morgan fingerprint density at radius 1 is 1.04 bits per heavy atom. The highest BCUT2D eigenvalue weighted by atomic mass is 35.5. The molecule has 6 rings (SSSR count). The van der Waals surface area contributed by atoms with E-state index in [1.165, 1.54) is 0 Å². The Bertz CT molecular complexity index is 1730. The zero-order chi connectivity index (χ0) is 32.6. The SMILES string of the molecule is C#Cc1ccc(OC2CCN(C(=O)N(CC)CC)CC2)c([C@H]2NC(=O)C[C@@H](c3cccc(Cl)c3)[C@]23C(=O)Nc2cc(Cl)ccc23)c1. The van der Waals surface area contributed by atoms with Gasteiger partial charge in [-0.3, -0.25) is 9.59 Å². The molecule has 3 aromatic carbocycles. The number of halogens is 2. The smallest absolute Gasteiger partial charge is 0.319 e. The van der Waals surface area contributed by atoms with Crippen molar-refractivity contribution in [3.8, 4) is 18.1 Å². The van der Waals surface area contributed by atoms with Crippen LogP contribution in [0, 0.1) is 12.3 Å². The third-order valence-corrected chi connectivity index (χ3v) is 10.00. The Labute approximate surface area is 279 Å². The number of ether oxygens (including phenoxy) is 1. The summed E-state index contributed by atoms with van der Waals surface area (Å²) in [7, 11) is 0. The summed E-state index contributed by atoms with van der Waals surface area (Å²) in [6.07, 6.45) is 7.03. The first-order valence-electron chi connectivity index (χ1n) is 15.7. The number of amides is 4. The number of urea groups is 1. The highest BCUT2D eigenvalue weighted by molar-refractivity contribution is 6.31. The van der Waals surface area contributed by atoms with E-state index in [-0.39, 0.29) is 30.4 Å². The van der Waals surface area contributed by atoms with Crippen molar-refractivity contribution in [2.45, 2.75) is 56.6 Å². The Morgan fingerprint density at radius 2 is 1.78 bits per heavy atom. The van der Waals surface area contributed by atoms with Crippen molar-refractivity contribution in [1.29, 1.82) is 0 Å². The van der Waals surface area contributed by atoms with E-state index in [1.54, 1.807) is 24.3 Å². The van der Waals surface area contributed by atoms with Crippen LogP contribution in [0.3, 0.4) is 0 Å². The van der Waals surface area contributed by atoms with Crippen molar-refractivity contribution in [1.82, 2.24) is 15.1 Å². The van der Waals surface area contributed by atoms with E-state index in [2.05, 4.69) is 16.6 Å². The van der Waals surface area contributed by atoms with Gasteiger partial charge in [-0.1, -0.05) is 47.3 Å². The number of benzene rings is 3. The van der Waals surface area contributed by atoms with E-state index in [9.17, 15) is 14.4 Å². The van der Waals surface area contributed by atoms with Gasteiger partial charge in [-0.2, -0.15) is 0 Å². The maximum atomic E-state index is 14.5. The predicted molar refractivity (Wildman–Crippen MR) is 179 cm³/mol. The Hall–Kier alpha value is -4.19. The standard InChI is InChI=1S/C36H36Cl2N4O4/c1-4-22-10-13-31(46-26-14-16-42(17-15-26)35(45)41(5-2)6-3)27(18-22)33-36(28-12-11-25(38)20-30(28)39-34(36)44)29(21-32(43)40-33)23-8-7-9-24(37)19-23/h1,7-13,18-20,26,29,33H,5-6,14-17,21H2,2-3H3,(H,39,44)(H,40,43)/t29-,33+,36-/m0/s1. The van der Waals surface area contributed by atoms with Crippen molar-refractivity contribution in [3.05, 3.63) is 93.0 Å². The summed E-state index contributed by atoms with van der Waals surface area (Å²) in [6.45, 7) is 6.40. The first-order valence-corrected chi connectivity index (χ1v) is 16.4. The summed E-state index contributed by atoms with van der Waals surface area (Å²) in [4.78, 5) is 44.7. The van der Waals surface area contributed by atoms with Crippen molar-refractivity contribution in [2.75, 3.05) is 31.5 Å². The number of terminal acetylenes is 1. The van der Waals surface area contributed by atoms with Crippen LogP contribution in [0.15, 0.2) is 60.7 Å². The molecule has 0 radical (unpaired) electrons. The lowest BCUT2D eigenvalue weighted by Crippen LogP contribution is -2.57. The third-order valence-electron chi connectivity index (χ3n) is 9.53. The minimum Gasteiger partial charge on any atom is -0.490 e. The van der Waals surface area contributed by atoms with Crippen molar-refractivity contribution in [2.24, 2.45) is 0 Å². The number of fused-ring (bicyclic) bond motifs is 2. The highest BCUT2D eigenvalue weighted by Gasteiger charge is 2.61. The van der Waals surface area contributed by atoms with Gasteiger partial charge in [0.25, 0.3) is 0 Å². The molecule has 10 heteroatoms. The van der Waals surface area contributed by atoms with Gasteiger partial charge < -0.3 is 25.2 Å². The first kappa shape index (κ1) is 31.8. The lowest BCUT2D eigenvalue weighted by atomic mass is 9.59. The van der Waals surface area contributed by atoms with E-state index in [4.69, 9.17) is 34.4 Å². The molecule has 0 aromatic heterocycles. The molecule has 3 heterocycles. The summed E-state index contributed by atoms with van der Waals surface area (Å²) in [5.74, 6) is 2.19. The molecule has 0 bridgehead atoms. The van der Waals surface area contributed by atoms with Gasteiger partial charge >= 0.3 is 6.03 Å². The number of hydrogen-bond acceptors (Lipinski definition) is 4. The molecule has 1 spiro atoms. The number of anilines is 1. The van der Waals surface area contributed by atoms with E-state index in [0.717, 1.165) is 11.1 Å². The molecule has 0 aliphatic carbocycles. The topological polar surface area (TPSA) is 91.0 Å². The number of piperidine rings is 2. The number of nitrogens with one attached hydrogen (secondary N) is 2. The summed E-state index contributed by atoms with van der Waals surface area (Å²) in [6, 6.07) is 17.3. The zero-order valence-corrected chi connectivity index (χ0v) is 27.3. The summed E-state index contributed by atoms with van der Waals surface area (Å²) in [5, 5.41) is 7.22. The quantitative estimate of drug-likeness (QED) is 0.295. The van der Waals surface area contributed by atoms with Crippen LogP contribution >= 0.6 is 23.2 Å². The normalized spacial score (nSPS) is 22.5. The van der Waals surface area contributed by atoms with Gasteiger partial charge in [-0.05, 0) is 67.4 Å². The van der Waals surface area contributed by atoms with Crippen molar-refractivity contribution < 1.29 is 19.1 Å². The van der Waals surface area contributed by atoms with Crippen LogP contribution in [0.25, 0.3) is 0 Å². The largest absolute Gasteiger partial charge is 0.490 e. The van der Waals surface area contributed by atoms with Gasteiger partial charge in [0, 0.05) is 78.2 Å². The molecule has 2 N–H and O–H groups in total. The van der Waals surface area contributed by atoms with Crippen molar-refractivity contribution in [3.63, 3.8) is 0 Å². The summed E-state index contributed by atoms with van der Waals surface area (Å²) >= 11 is 12.8. The highest BCUT2D eigenvalue weighted by Crippen LogP contribution is 2.58. The second kappa shape index (κ2) is 12.9. The van der Waals surface area contributed by atoms with Crippen LogP contribution in [0.2, 0.25) is 10.0 Å². The van der Waals surface area contributed by atoms with Crippen LogP contribution in [-0.4, -0.2) is 59.9 Å². The average molecular weight is 660 g/mol. The first-order chi connectivity index (χ1) is 22.2. The number of likely N-dealkylation sites (tertiary alicyclic amines) is 1. The minimum atomic E-state index is -1.27. The van der Waals surface area contributed by atoms with Crippen LogP contribution in [-0.2, 0) is 15.0 Å². The number of carbonyl (C=O) groups excluding carboxylic acids is 3. The number of carbonyl (C=O) groups is 3. The van der Waals surface area contributed by atoms with Gasteiger partial charge in [0.15, 0.2) is 0 Å². The molecule has 3 aromatic rings. The Kier molecular flexibility index (Phi) is 8.91. The van der Waals surface area contributed by atoms with Gasteiger partial charge in [-0.15, -0.1) is 6.42 Å². The lowest BCUT2D eigenvalue weighted by molar-refractivity contribution is -0.131. The molecule has 3 aliphatic heterocycles. The van der Waals surface area contributed by atoms with Crippen LogP contribution in [0.5, 0.6) is 5.75 Å². The molecule has 3 aliphatic rings. The van der Waals surface area contributed by atoms with E-state index in [0.29, 0.717) is 71.6 Å². The second-order valence-corrected chi connectivity index (χ2v) is 12.9. The van der Waals surface area contributed by atoms with Crippen molar-refractivity contribution >= 4 is 46.7 Å². The minimum absolute atomic E-state index is 0.0347. The van der Waals surface area contributed by atoms with Gasteiger partial charge in [0.1, 0.15) is 17.3 Å². The molecule has 4 amide bonds. The molecule has 8 nitrogen and oxygen atoms in total. The summed E-state index contributed by atoms with van der Waals surface area (Å²) < 4.78 is 6.68. The van der Waals surface area contributed by atoms with Crippen LogP contribution < -0.4 is 15.4 Å². The fourth-order valence-electron chi connectivity index (χ4n) is 7.28. The fraction of sp³-hybridized carbons (Fsp3) is 0.361. The Morgan fingerprint density at radius 3 is 2.48 bits per heavy atom. The third kappa shape index (κ3) is 5.56. The number of nitrogens with zero attached hydrogens (tertiary/aromatic N) is 2. The molecule has 2 fully saturated rings. The molecule has 238 valence electrons.